The summed E-state index contributed by atoms with van der Waals surface area (Å²) in [4.78, 5) is 13.9. The molecule has 0 aliphatic heterocycles. The Morgan fingerprint density at radius 3 is 2.82 bits per heavy atom. The average Bonchev–Trinajstić information content (AvgIpc) is 2.88. The van der Waals surface area contributed by atoms with E-state index in [1.807, 2.05) is 18.3 Å². The van der Waals surface area contributed by atoms with Gasteiger partial charge < -0.3 is 14.5 Å². The van der Waals surface area contributed by atoms with Crippen molar-refractivity contribution in [2.24, 2.45) is 0 Å². The lowest BCUT2D eigenvalue weighted by molar-refractivity contribution is 0.111. The maximum atomic E-state index is 10.9. The largest absolute Gasteiger partial charge is 0.493 e. The molecule has 0 amide bonds. The van der Waals surface area contributed by atoms with E-state index in [1.165, 1.54) is 0 Å². The first-order valence-electron chi connectivity index (χ1n) is 5.22. The number of hydrogen-bond donors (Lipinski definition) is 1. The number of aromatic amines is 1. The van der Waals surface area contributed by atoms with Gasteiger partial charge in [0.15, 0.2) is 17.8 Å². The van der Waals surface area contributed by atoms with Crippen LogP contribution in [0.2, 0.25) is 0 Å². The number of carbonyl (C=O) groups excluding carboxylic acids is 1. The van der Waals surface area contributed by atoms with Crippen LogP contribution in [0, 0.1) is 0 Å². The van der Waals surface area contributed by atoms with Gasteiger partial charge in [0, 0.05) is 6.20 Å². The van der Waals surface area contributed by atoms with Crippen LogP contribution in [-0.4, -0.2) is 18.4 Å². The highest BCUT2D eigenvalue weighted by Crippen LogP contribution is 2.30. The van der Waals surface area contributed by atoms with Crippen molar-refractivity contribution in [3.05, 3.63) is 47.8 Å². The van der Waals surface area contributed by atoms with Gasteiger partial charge in [0.1, 0.15) is 6.61 Å². The second-order valence-corrected chi connectivity index (χ2v) is 3.48. The van der Waals surface area contributed by atoms with E-state index in [4.69, 9.17) is 9.47 Å². The number of methoxy groups -OCH3 is 1. The van der Waals surface area contributed by atoms with E-state index in [0.717, 1.165) is 12.0 Å². The number of aromatic nitrogens is 1. The standard InChI is InChI=1S/C13H13NO3/c1-16-12-6-2-4-10(8-15)13(12)17-9-11-5-3-7-14-11/h2-8,14H,9H2,1H3. The Hall–Kier alpha value is -2.23. The zero-order chi connectivity index (χ0) is 12.1. The smallest absolute Gasteiger partial charge is 0.172 e. The van der Waals surface area contributed by atoms with Crippen molar-refractivity contribution in [2.45, 2.75) is 6.61 Å². The monoisotopic (exact) mass is 231 g/mol. The summed E-state index contributed by atoms with van der Waals surface area (Å²) in [5, 5.41) is 0. The summed E-state index contributed by atoms with van der Waals surface area (Å²) in [6.45, 7) is 0.369. The normalized spacial score (nSPS) is 9.94. The molecule has 2 aromatic rings. The molecular weight excluding hydrogens is 218 g/mol. The molecule has 0 radical (unpaired) electrons. The Morgan fingerprint density at radius 2 is 2.18 bits per heavy atom. The molecule has 0 fully saturated rings. The van der Waals surface area contributed by atoms with Gasteiger partial charge in [-0.2, -0.15) is 0 Å². The number of H-pyrrole nitrogens is 1. The summed E-state index contributed by atoms with van der Waals surface area (Å²) in [6, 6.07) is 9.01. The third kappa shape index (κ3) is 2.47. The molecule has 1 heterocycles. The highest BCUT2D eigenvalue weighted by Gasteiger charge is 2.10. The third-order valence-corrected chi connectivity index (χ3v) is 2.39. The van der Waals surface area contributed by atoms with Gasteiger partial charge >= 0.3 is 0 Å². The van der Waals surface area contributed by atoms with E-state index in [2.05, 4.69) is 4.98 Å². The summed E-state index contributed by atoms with van der Waals surface area (Å²) >= 11 is 0. The van der Waals surface area contributed by atoms with Crippen LogP contribution in [0.15, 0.2) is 36.5 Å². The lowest BCUT2D eigenvalue weighted by Crippen LogP contribution is -2.00. The Labute approximate surface area is 99.2 Å². The second-order valence-electron chi connectivity index (χ2n) is 3.48. The number of benzene rings is 1. The molecule has 0 atom stereocenters. The van der Waals surface area contributed by atoms with Crippen molar-refractivity contribution in [3.63, 3.8) is 0 Å². The van der Waals surface area contributed by atoms with Gasteiger partial charge in [-0.1, -0.05) is 6.07 Å². The fourth-order valence-corrected chi connectivity index (χ4v) is 1.55. The molecule has 88 valence electrons. The van der Waals surface area contributed by atoms with E-state index >= 15 is 0 Å². The van der Waals surface area contributed by atoms with Gasteiger partial charge in [-0.3, -0.25) is 4.79 Å². The van der Waals surface area contributed by atoms with Crippen molar-refractivity contribution in [2.75, 3.05) is 7.11 Å². The molecule has 0 bridgehead atoms. The van der Waals surface area contributed by atoms with E-state index in [9.17, 15) is 4.79 Å². The van der Waals surface area contributed by atoms with Crippen LogP contribution in [0.5, 0.6) is 11.5 Å². The van der Waals surface area contributed by atoms with Crippen LogP contribution in [0.25, 0.3) is 0 Å². The molecule has 1 aromatic heterocycles. The minimum absolute atomic E-state index is 0.369. The first-order chi connectivity index (χ1) is 8.35. The van der Waals surface area contributed by atoms with Gasteiger partial charge in [-0.15, -0.1) is 0 Å². The quantitative estimate of drug-likeness (QED) is 0.804. The molecular formula is C13H13NO3. The summed E-state index contributed by atoms with van der Waals surface area (Å²) in [6.07, 6.45) is 2.58. The minimum Gasteiger partial charge on any atom is -0.493 e. The summed E-state index contributed by atoms with van der Waals surface area (Å²) < 4.78 is 10.8. The van der Waals surface area contributed by atoms with Crippen LogP contribution in [-0.2, 0) is 6.61 Å². The van der Waals surface area contributed by atoms with Crippen molar-refractivity contribution >= 4 is 6.29 Å². The molecule has 0 saturated heterocycles. The fraction of sp³-hybridized carbons (Fsp3) is 0.154. The lowest BCUT2D eigenvalue weighted by Gasteiger charge is -2.11. The fourth-order valence-electron chi connectivity index (χ4n) is 1.55. The van der Waals surface area contributed by atoms with Crippen molar-refractivity contribution in [3.8, 4) is 11.5 Å². The molecule has 4 heteroatoms. The van der Waals surface area contributed by atoms with Crippen molar-refractivity contribution in [1.82, 2.24) is 4.98 Å². The molecule has 0 aliphatic rings. The Bertz CT molecular complexity index is 491. The molecule has 0 aliphatic carbocycles. The predicted octanol–water partition coefficient (Wildman–Crippen LogP) is 2.41. The van der Waals surface area contributed by atoms with Crippen molar-refractivity contribution < 1.29 is 14.3 Å². The number of ether oxygens (including phenoxy) is 2. The number of carbonyl (C=O) groups is 1. The molecule has 2 rings (SSSR count). The molecule has 17 heavy (non-hydrogen) atoms. The number of nitrogens with one attached hydrogen (secondary N) is 1. The predicted molar refractivity (Wildman–Crippen MR) is 63.5 cm³/mol. The number of aldehydes is 1. The molecule has 4 nitrogen and oxygen atoms in total. The molecule has 0 spiro atoms. The number of para-hydroxylation sites is 1. The van der Waals surface area contributed by atoms with E-state index < -0.39 is 0 Å². The second kappa shape index (κ2) is 5.21. The number of hydrogen-bond acceptors (Lipinski definition) is 3. The molecule has 0 unspecified atom stereocenters. The van der Waals surface area contributed by atoms with Crippen molar-refractivity contribution in [1.29, 1.82) is 0 Å². The van der Waals surface area contributed by atoms with Crippen LogP contribution in [0.3, 0.4) is 0 Å². The summed E-state index contributed by atoms with van der Waals surface area (Å²) in [7, 11) is 1.55. The summed E-state index contributed by atoms with van der Waals surface area (Å²) in [5.41, 5.74) is 1.42. The molecule has 1 aromatic carbocycles. The Morgan fingerprint density at radius 1 is 1.29 bits per heavy atom. The first-order valence-corrected chi connectivity index (χ1v) is 5.22. The third-order valence-electron chi connectivity index (χ3n) is 2.39. The minimum atomic E-state index is 0.369. The summed E-state index contributed by atoms with van der Waals surface area (Å²) in [5.74, 6) is 1.03. The SMILES string of the molecule is COc1cccc(C=O)c1OCc1ccc[nH]1. The van der Waals surface area contributed by atoms with Crippen LogP contribution < -0.4 is 9.47 Å². The van der Waals surface area contributed by atoms with E-state index in [1.54, 1.807) is 25.3 Å². The zero-order valence-electron chi connectivity index (χ0n) is 9.47. The van der Waals surface area contributed by atoms with Gasteiger partial charge in [0.05, 0.1) is 18.4 Å². The zero-order valence-corrected chi connectivity index (χ0v) is 9.47. The highest BCUT2D eigenvalue weighted by atomic mass is 16.5. The maximum absolute atomic E-state index is 10.9. The van der Waals surface area contributed by atoms with Gasteiger partial charge in [0.2, 0.25) is 0 Å². The van der Waals surface area contributed by atoms with Gasteiger partial charge in [-0.25, -0.2) is 0 Å². The highest BCUT2D eigenvalue weighted by molar-refractivity contribution is 5.81. The lowest BCUT2D eigenvalue weighted by atomic mass is 10.2. The Kier molecular flexibility index (Phi) is 3.45. The average molecular weight is 231 g/mol. The molecule has 0 saturated carbocycles. The van der Waals surface area contributed by atoms with Crippen LogP contribution in [0.4, 0.5) is 0 Å². The van der Waals surface area contributed by atoms with E-state index in [-0.39, 0.29) is 0 Å². The van der Waals surface area contributed by atoms with Gasteiger partial charge in [0.25, 0.3) is 0 Å². The van der Waals surface area contributed by atoms with Crippen LogP contribution >= 0.6 is 0 Å². The Balaban J connectivity index is 2.21. The van der Waals surface area contributed by atoms with E-state index in [0.29, 0.717) is 23.7 Å². The topological polar surface area (TPSA) is 51.3 Å². The molecule has 1 N–H and O–H groups in total. The number of rotatable bonds is 5. The maximum Gasteiger partial charge on any atom is 0.172 e. The first kappa shape index (κ1) is 11.3. The van der Waals surface area contributed by atoms with Gasteiger partial charge in [-0.05, 0) is 24.3 Å². The van der Waals surface area contributed by atoms with Crippen LogP contribution in [0.1, 0.15) is 16.1 Å².